The van der Waals surface area contributed by atoms with Crippen LogP contribution in [0.1, 0.15) is 38.9 Å². The molecule has 1 aliphatic rings. The molecule has 2 heterocycles. The van der Waals surface area contributed by atoms with Gasteiger partial charge in [0.15, 0.2) is 0 Å². The standard InChI is InChI=1S/C20H23N3O2/c1-3-16-5-8-17(9-6-16)19(24)22-10-12-23(13-11-22)20(25)18-7-4-15(2)21-14-18/h4-9,14H,3,10-13H2,1-2H3. The molecule has 0 N–H and O–H groups in total. The molecule has 25 heavy (non-hydrogen) atoms. The normalized spacial score (nSPS) is 14.5. The Morgan fingerprint density at radius 1 is 0.880 bits per heavy atom. The monoisotopic (exact) mass is 337 g/mol. The summed E-state index contributed by atoms with van der Waals surface area (Å²) >= 11 is 0. The van der Waals surface area contributed by atoms with Gasteiger partial charge in [-0.2, -0.15) is 0 Å². The molecule has 1 saturated heterocycles. The molecule has 0 unspecified atom stereocenters. The van der Waals surface area contributed by atoms with Crippen molar-refractivity contribution in [1.29, 1.82) is 0 Å². The minimum Gasteiger partial charge on any atom is -0.335 e. The zero-order valence-corrected chi connectivity index (χ0v) is 14.7. The summed E-state index contributed by atoms with van der Waals surface area (Å²) in [5.74, 6) is 0.0126. The maximum Gasteiger partial charge on any atom is 0.255 e. The van der Waals surface area contributed by atoms with E-state index in [-0.39, 0.29) is 11.8 Å². The molecule has 1 fully saturated rings. The lowest BCUT2D eigenvalue weighted by atomic mass is 10.1. The number of carbonyl (C=O) groups is 2. The van der Waals surface area contributed by atoms with Crippen molar-refractivity contribution in [2.45, 2.75) is 20.3 Å². The Morgan fingerprint density at radius 2 is 1.40 bits per heavy atom. The fourth-order valence-electron chi connectivity index (χ4n) is 2.96. The second kappa shape index (κ2) is 7.47. The van der Waals surface area contributed by atoms with Crippen LogP contribution in [0.5, 0.6) is 0 Å². The van der Waals surface area contributed by atoms with Crippen molar-refractivity contribution in [3.8, 4) is 0 Å². The van der Waals surface area contributed by atoms with Crippen LogP contribution >= 0.6 is 0 Å². The van der Waals surface area contributed by atoms with E-state index in [1.165, 1.54) is 5.56 Å². The van der Waals surface area contributed by atoms with Gasteiger partial charge in [0.25, 0.3) is 11.8 Å². The molecule has 5 nitrogen and oxygen atoms in total. The van der Waals surface area contributed by atoms with Crippen molar-refractivity contribution in [2.24, 2.45) is 0 Å². The van der Waals surface area contributed by atoms with E-state index in [1.54, 1.807) is 17.2 Å². The number of aryl methyl sites for hydroxylation is 2. The van der Waals surface area contributed by atoms with Crippen LogP contribution in [0.3, 0.4) is 0 Å². The molecule has 0 bridgehead atoms. The van der Waals surface area contributed by atoms with Gasteiger partial charge in [0.1, 0.15) is 0 Å². The van der Waals surface area contributed by atoms with Gasteiger partial charge in [0.05, 0.1) is 5.56 Å². The van der Waals surface area contributed by atoms with Gasteiger partial charge in [-0.15, -0.1) is 0 Å². The van der Waals surface area contributed by atoms with Crippen LogP contribution in [0.4, 0.5) is 0 Å². The molecule has 3 rings (SSSR count). The number of pyridine rings is 1. The van der Waals surface area contributed by atoms with Crippen LogP contribution in [0.25, 0.3) is 0 Å². The van der Waals surface area contributed by atoms with E-state index < -0.39 is 0 Å². The summed E-state index contributed by atoms with van der Waals surface area (Å²) in [7, 11) is 0. The molecule has 130 valence electrons. The molecule has 1 aromatic carbocycles. The fraction of sp³-hybridized carbons (Fsp3) is 0.350. The number of amides is 2. The fourth-order valence-corrected chi connectivity index (χ4v) is 2.96. The molecular weight excluding hydrogens is 314 g/mol. The Hall–Kier alpha value is -2.69. The van der Waals surface area contributed by atoms with Crippen LogP contribution < -0.4 is 0 Å². The lowest BCUT2D eigenvalue weighted by Crippen LogP contribution is -2.50. The number of piperazine rings is 1. The van der Waals surface area contributed by atoms with Crippen LogP contribution in [0.2, 0.25) is 0 Å². The van der Waals surface area contributed by atoms with Crippen molar-refractivity contribution in [3.05, 3.63) is 65.0 Å². The summed E-state index contributed by atoms with van der Waals surface area (Å²) < 4.78 is 0. The third-order valence-electron chi connectivity index (χ3n) is 4.62. The summed E-state index contributed by atoms with van der Waals surface area (Å²) in [4.78, 5) is 32.9. The van der Waals surface area contributed by atoms with Crippen molar-refractivity contribution in [3.63, 3.8) is 0 Å². The maximum atomic E-state index is 12.6. The molecule has 5 heteroatoms. The first kappa shape index (κ1) is 17.1. The first-order chi connectivity index (χ1) is 12.1. The maximum absolute atomic E-state index is 12.6. The minimum absolute atomic E-state index is 0.0214. The van der Waals surface area contributed by atoms with Crippen LogP contribution in [-0.4, -0.2) is 52.8 Å². The first-order valence-corrected chi connectivity index (χ1v) is 8.68. The van der Waals surface area contributed by atoms with E-state index in [1.807, 2.05) is 42.2 Å². The molecule has 0 radical (unpaired) electrons. The SMILES string of the molecule is CCc1ccc(C(=O)N2CCN(C(=O)c3ccc(C)nc3)CC2)cc1. The molecule has 1 aliphatic heterocycles. The number of aromatic nitrogens is 1. The smallest absolute Gasteiger partial charge is 0.255 e. The van der Waals surface area contributed by atoms with E-state index in [0.717, 1.165) is 12.1 Å². The average Bonchev–Trinajstić information content (AvgIpc) is 2.67. The number of carbonyl (C=O) groups excluding carboxylic acids is 2. The molecule has 0 aliphatic carbocycles. The van der Waals surface area contributed by atoms with E-state index in [4.69, 9.17) is 0 Å². The summed E-state index contributed by atoms with van der Waals surface area (Å²) in [6.45, 7) is 6.19. The van der Waals surface area contributed by atoms with Crippen molar-refractivity contribution in [2.75, 3.05) is 26.2 Å². The summed E-state index contributed by atoms with van der Waals surface area (Å²) in [6.07, 6.45) is 2.58. The lowest BCUT2D eigenvalue weighted by Gasteiger charge is -2.34. The number of hydrogen-bond donors (Lipinski definition) is 0. The summed E-state index contributed by atoms with van der Waals surface area (Å²) in [6, 6.07) is 11.4. The van der Waals surface area contributed by atoms with Crippen molar-refractivity contribution in [1.82, 2.24) is 14.8 Å². The summed E-state index contributed by atoms with van der Waals surface area (Å²) in [5.41, 5.74) is 3.42. The van der Waals surface area contributed by atoms with E-state index in [2.05, 4.69) is 11.9 Å². The van der Waals surface area contributed by atoms with Gasteiger partial charge in [-0.3, -0.25) is 14.6 Å². The van der Waals surface area contributed by atoms with Gasteiger partial charge >= 0.3 is 0 Å². The molecule has 1 aromatic heterocycles. The van der Waals surface area contributed by atoms with Crippen LogP contribution in [-0.2, 0) is 6.42 Å². The topological polar surface area (TPSA) is 53.5 Å². The highest BCUT2D eigenvalue weighted by molar-refractivity contribution is 5.95. The Balaban J connectivity index is 1.60. The Morgan fingerprint density at radius 3 is 1.88 bits per heavy atom. The van der Waals surface area contributed by atoms with Gasteiger partial charge in [0, 0.05) is 43.6 Å². The van der Waals surface area contributed by atoms with E-state index in [9.17, 15) is 9.59 Å². The van der Waals surface area contributed by atoms with E-state index >= 15 is 0 Å². The van der Waals surface area contributed by atoms with Crippen LogP contribution in [0.15, 0.2) is 42.6 Å². The number of nitrogens with zero attached hydrogens (tertiary/aromatic N) is 3. The summed E-state index contributed by atoms with van der Waals surface area (Å²) in [5, 5.41) is 0. The van der Waals surface area contributed by atoms with Crippen molar-refractivity contribution >= 4 is 11.8 Å². The highest BCUT2D eigenvalue weighted by Crippen LogP contribution is 2.13. The largest absolute Gasteiger partial charge is 0.335 e. The van der Waals surface area contributed by atoms with Gasteiger partial charge < -0.3 is 9.80 Å². The average molecular weight is 337 g/mol. The Labute approximate surface area is 148 Å². The highest BCUT2D eigenvalue weighted by atomic mass is 16.2. The second-order valence-corrected chi connectivity index (χ2v) is 6.32. The quantitative estimate of drug-likeness (QED) is 0.865. The minimum atomic E-state index is -0.0214. The zero-order valence-electron chi connectivity index (χ0n) is 14.7. The van der Waals surface area contributed by atoms with Gasteiger partial charge in [-0.25, -0.2) is 0 Å². The third-order valence-corrected chi connectivity index (χ3v) is 4.62. The Bertz CT molecular complexity index is 746. The van der Waals surface area contributed by atoms with Crippen molar-refractivity contribution < 1.29 is 9.59 Å². The van der Waals surface area contributed by atoms with Crippen LogP contribution in [0, 0.1) is 6.92 Å². The highest BCUT2D eigenvalue weighted by Gasteiger charge is 2.25. The molecule has 0 atom stereocenters. The molecular formula is C20H23N3O2. The lowest BCUT2D eigenvalue weighted by molar-refractivity contribution is 0.0535. The predicted molar refractivity (Wildman–Crippen MR) is 96.6 cm³/mol. The first-order valence-electron chi connectivity index (χ1n) is 8.68. The second-order valence-electron chi connectivity index (χ2n) is 6.32. The molecule has 0 spiro atoms. The zero-order chi connectivity index (χ0) is 17.8. The molecule has 0 saturated carbocycles. The third kappa shape index (κ3) is 3.87. The van der Waals surface area contributed by atoms with E-state index in [0.29, 0.717) is 37.3 Å². The van der Waals surface area contributed by atoms with Gasteiger partial charge in [-0.1, -0.05) is 19.1 Å². The molecule has 2 aromatic rings. The van der Waals surface area contributed by atoms with Gasteiger partial charge in [0.2, 0.25) is 0 Å². The number of hydrogen-bond acceptors (Lipinski definition) is 3. The number of rotatable bonds is 3. The Kier molecular flexibility index (Phi) is 5.12. The predicted octanol–water partition coefficient (Wildman–Crippen LogP) is 2.55. The molecule has 2 amide bonds. The number of benzene rings is 1. The van der Waals surface area contributed by atoms with Gasteiger partial charge in [-0.05, 0) is 43.2 Å².